The molecule has 1 heterocycles. The highest BCUT2D eigenvalue weighted by molar-refractivity contribution is 7.80. The van der Waals surface area contributed by atoms with Gasteiger partial charge in [-0.1, -0.05) is 42.8 Å². The highest BCUT2D eigenvalue weighted by Gasteiger charge is 2.24. The van der Waals surface area contributed by atoms with E-state index in [1.807, 2.05) is 61.9 Å². The van der Waals surface area contributed by atoms with Gasteiger partial charge in [-0.15, -0.1) is 0 Å². The van der Waals surface area contributed by atoms with E-state index < -0.39 is 11.3 Å². The Bertz CT molecular complexity index is 1040. The van der Waals surface area contributed by atoms with Crippen LogP contribution in [-0.4, -0.2) is 19.1 Å². The predicted molar refractivity (Wildman–Crippen MR) is 113 cm³/mol. The van der Waals surface area contributed by atoms with Crippen molar-refractivity contribution in [2.45, 2.75) is 20.3 Å². The summed E-state index contributed by atoms with van der Waals surface area (Å²) in [6, 6.07) is 14.5. The summed E-state index contributed by atoms with van der Waals surface area (Å²) in [5.41, 5.74) is 5.67. The van der Waals surface area contributed by atoms with Gasteiger partial charge in [0.1, 0.15) is 0 Å². The molecule has 0 aliphatic rings. The van der Waals surface area contributed by atoms with Crippen LogP contribution in [0.15, 0.2) is 48.5 Å². The van der Waals surface area contributed by atoms with Crippen LogP contribution in [0.25, 0.3) is 22.3 Å². The number of ketones is 1. The van der Waals surface area contributed by atoms with E-state index in [1.54, 1.807) is 12.1 Å². The number of carbonyl (C=O) groups excluding carboxylic acids is 1. The number of aromatic nitrogens is 1. The number of carbonyl (C=O) groups is 1. The lowest BCUT2D eigenvalue weighted by atomic mass is 9.93. The first-order valence-electron chi connectivity index (χ1n) is 8.78. The third kappa shape index (κ3) is 3.90. The molecule has 146 valence electrons. The van der Waals surface area contributed by atoms with Crippen LogP contribution >= 0.6 is 11.6 Å². The van der Waals surface area contributed by atoms with Crippen LogP contribution in [0.4, 0.5) is 5.69 Å². The average Bonchev–Trinajstić information content (AvgIpc) is 2.93. The third-order valence-corrected chi connectivity index (χ3v) is 5.43. The van der Waals surface area contributed by atoms with Crippen molar-refractivity contribution >= 4 is 34.3 Å². The SMILES string of the molecule is CCC(=O)c1c(-c2ccc(NS(=O)[O-])cc2)c(-c2ccc(Cl)cc2)c(C)n1C. The fourth-order valence-electron chi connectivity index (χ4n) is 3.35. The van der Waals surface area contributed by atoms with Gasteiger partial charge >= 0.3 is 0 Å². The second-order valence-electron chi connectivity index (χ2n) is 6.44. The molecular weight excluding hydrogens is 396 g/mol. The number of hydrogen-bond acceptors (Lipinski definition) is 3. The lowest BCUT2D eigenvalue weighted by Gasteiger charge is -2.12. The molecule has 0 aliphatic heterocycles. The number of nitrogens with zero attached hydrogens (tertiary/aromatic N) is 1. The minimum Gasteiger partial charge on any atom is -0.755 e. The first kappa shape index (κ1) is 20.3. The Kier molecular flexibility index (Phi) is 6.03. The zero-order valence-electron chi connectivity index (χ0n) is 15.8. The Hall–Kier alpha value is -2.41. The Labute approximate surface area is 171 Å². The Morgan fingerprint density at radius 3 is 2.14 bits per heavy atom. The number of anilines is 1. The summed E-state index contributed by atoms with van der Waals surface area (Å²) in [6.45, 7) is 3.82. The summed E-state index contributed by atoms with van der Waals surface area (Å²) >= 11 is 3.66. The maximum absolute atomic E-state index is 12.8. The van der Waals surface area contributed by atoms with Gasteiger partial charge in [-0.3, -0.25) is 9.00 Å². The van der Waals surface area contributed by atoms with Crippen LogP contribution in [0.2, 0.25) is 5.02 Å². The van der Waals surface area contributed by atoms with Crippen molar-refractivity contribution in [3.05, 3.63) is 64.9 Å². The van der Waals surface area contributed by atoms with Crippen LogP contribution in [-0.2, 0) is 18.3 Å². The van der Waals surface area contributed by atoms with Crippen LogP contribution in [0, 0.1) is 6.92 Å². The summed E-state index contributed by atoms with van der Waals surface area (Å²) in [4.78, 5) is 12.8. The van der Waals surface area contributed by atoms with Crippen molar-refractivity contribution in [1.82, 2.24) is 4.57 Å². The molecule has 0 saturated carbocycles. The number of benzene rings is 2. The molecule has 28 heavy (non-hydrogen) atoms. The minimum atomic E-state index is -2.39. The van der Waals surface area contributed by atoms with Gasteiger partial charge < -0.3 is 13.8 Å². The normalized spacial score (nSPS) is 12.0. The van der Waals surface area contributed by atoms with Crippen LogP contribution in [0.5, 0.6) is 0 Å². The molecule has 3 aromatic rings. The highest BCUT2D eigenvalue weighted by Crippen LogP contribution is 2.40. The van der Waals surface area contributed by atoms with Gasteiger partial charge in [-0.25, -0.2) is 0 Å². The van der Waals surface area contributed by atoms with Crippen molar-refractivity contribution in [3.63, 3.8) is 0 Å². The fourth-order valence-corrected chi connectivity index (χ4v) is 3.80. The van der Waals surface area contributed by atoms with Gasteiger partial charge in [0, 0.05) is 52.3 Å². The zero-order chi connectivity index (χ0) is 20.4. The number of Topliss-reactive ketones (excluding diaryl/α,β-unsaturated/α-hetero) is 1. The molecule has 0 aliphatic carbocycles. The second-order valence-corrected chi connectivity index (χ2v) is 7.55. The van der Waals surface area contributed by atoms with Crippen molar-refractivity contribution in [2.24, 2.45) is 7.05 Å². The molecule has 1 atom stereocenters. The summed E-state index contributed by atoms with van der Waals surface area (Å²) in [5.74, 6) is 0.0451. The Balaban J connectivity index is 2.25. The van der Waals surface area contributed by atoms with Gasteiger partial charge in [0.05, 0.1) is 5.69 Å². The molecule has 1 N–H and O–H groups in total. The molecule has 3 rings (SSSR count). The fraction of sp³-hybridized carbons (Fsp3) is 0.190. The van der Waals surface area contributed by atoms with Crippen molar-refractivity contribution < 1.29 is 13.6 Å². The lowest BCUT2D eigenvalue weighted by Crippen LogP contribution is -2.07. The van der Waals surface area contributed by atoms with E-state index in [0.29, 0.717) is 22.8 Å². The molecule has 0 saturated heterocycles. The monoisotopic (exact) mass is 415 g/mol. The Morgan fingerprint density at radius 2 is 1.61 bits per heavy atom. The summed E-state index contributed by atoms with van der Waals surface area (Å²) in [7, 11) is 1.89. The maximum atomic E-state index is 12.8. The Morgan fingerprint density at radius 1 is 1.07 bits per heavy atom. The molecule has 1 unspecified atom stereocenters. The molecule has 0 amide bonds. The molecule has 5 nitrogen and oxygen atoms in total. The van der Waals surface area contributed by atoms with Crippen LogP contribution < -0.4 is 4.72 Å². The standard InChI is InChI=1S/C21H21ClN2O3S/c1-4-18(25)21-20(15-7-11-17(12-8-15)23-28(26)27)19(13(2)24(21)3)14-5-9-16(22)10-6-14/h5-12,23H,4H2,1-3H3,(H,26,27)/p-1. The first-order chi connectivity index (χ1) is 13.3. The van der Waals surface area contributed by atoms with Crippen LogP contribution in [0.3, 0.4) is 0 Å². The molecule has 1 aromatic heterocycles. The van der Waals surface area contributed by atoms with Crippen LogP contribution in [0.1, 0.15) is 29.5 Å². The molecule has 0 bridgehead atoms. The average molecular weight is 416 g/mol. The molecule has 0 fully saturated rings. The van der Waals surface area contributed by atoms with E-state index in [2.05, 4.69) is 4.72 Å². The molecule has 0 spiro atoms. The van der Waals surface area contributed by atoms with E-state index in [9.17, 15) is 13.6 Å². The van der Waals surface area contributed by atoms with Gasteiger partial charge in [0.25, 0.3) is 0 Å². The largest absolute Gasteiger partial charge is 0.755 e. The van der Waals surface area contributed by atoms with Crippen molar-refractivity contribution in [2.75, 3.05) is 4.72 Å². The number of nitrogens with one attached hydrogen (secondary N) is 1. The lowest BCUT2D eigenvalue weighted by molar-refractivity contribution is 0.0981. The third-order valence-electron chi connectivity index (χ3n) is 4.78. The molecule has 7 heteroatoms. The summed E-state index contributed by atoms with van der Waals surface area (Å²) in [6.07, 6.45) is 0.388. The summed E-state index contributed by atoms with van der Waals surface area (Å²) in [5, 5.41) is 0.643. The zero-order valence-corrected chi connectivity index (χ0v) is 17.4. The van der Waals surface area contributed by atoms with E-state index >= 15 is 0 Å². The van der Waals surface area contributed by atoms with E-state index in [1.165, 1.54) is 0 Å². The van der Waals surface area contributed by atoms with Crippen molar-refractivity contribution in [1.29, 1.82) is 0 Å². The van der Waals surface area contributed by atoms with E-state index in [0.717, 1.165) is 27.9 Å². The van der Waals surface area contributed by atoms with Crippen molar-refractivity contribution in [3.8, 4) is 22.3 Å². The van der Waals surface area contributed by atoms with Gasteiger partial charge in [-0.05, 0) is 42.3 Å². The number of halogens is 1. The quantitative estimate of drug-likeness (QED) is 0.448. The van der Waals surface area contributed by atoms with Gasteiger partial charge in [-0.2, -0.15) is 0 Å². The highest BCUT2D eigenvalue weighted by atomic mass is 35.5. The first-order valence-corrected chi connectivity index (χ1v) is 10.2. The molecule has 2 aromatic carbocycles. The van der Waals surface area contributed by atoms with Gasteiger partial charge in [0.2, 0.25) is 0 Å². The van der Waals surface area contributed by atoms with E-state index in [-0.39, 0.29) is 5.78 Å². The molecule has 0 radical (unpaired) electrons. The smallest absolute Gasteiger partial charge is 0.179 e. The predicted octanol–water partition coefficient (Wildman–Crippen LogP) is 5.12. The molecular formula is C21H20ClN2O3S-. The minimum absolute atomic E-state index is 0.0451. The number of hydrogen-bond donors (Lipinski definition) is 1. The maximum Gasteiger partial charge on any atom is 0.179 e. The topological polar surface area (TPSA) is 74.2 Å². The second kappa shape index (κ2) is 8.31. The van der Waals surface area contributed by atoms with Gasteiger partial charge in [0.15, 0.2) is 5.78 Å². The van der Waals surface area contributed by atoms with E-state index in [4.69, 9.17) is 11.6 Å². The summed E-state index contributed by atoms with van der Waals surface area (Å²) < 4.78 is 26.0. The number of rotatable bonds is 6.